The lowest BCUT2D eigenvalue weighted by Crippen LogP contribution is -2.29. The fourth-order valence-corrected chi connectivity index (χ4v) is 1.09. The third-order valence-electron chi connectivity index (χ3n) is 1.79. The molecule has 0 aliphatic rings. The second kappa shape index (κ2) is 3.87. The van der Waals surface area contributed by atoms with E-state index < -0.39 is 5.92 Å². The lowest BCUT2D eigenvalue weighted by molar-refractivity contribution is 0.0223. The highest BCUT2D eigenvalue weighted by Gasteiger charge is 2.19. The molecule has 0 bridgehead atoms. The fourth-order valence-electron chi connectivity index (χ4n) is 1.09. The van der Waals surface area contributed by atoms with E-state index in [-0.39, 0.29) is 6.54 Å². The van der Waals surface area contributed by atoms with Gasteiger partial charge in [-0.1, -0.05) is 0 Å². The molecule has 1 rings (SSSR count). The highest BCUT2D eigenvalue weighted by atomic mass is 19.3. The predicted molar refractivity (Wildman–Crippen MR) is 47.7 cm³/mol. The molecule has 0 spiro atoms. The van der Waals surface area contributed by atoms with E-state index >= 15 is 0 Å². The van der Waals surface area contributed by atoms with E-state index in [1.807, 2.05) is 29.9 Å². The van der Waals surface area contributed by atoms with E-state index in [9.17, 15) is 8.78 Å². The normalized spacial score (nSPS) is 12.0. The third kappa shape index (κ3) is 3.55. The van der Waals surface area contributed by atoms with Crippen LogP contribution in [0.15, 0.2) is 18.3 Å². The zero-order chi connectivity index (χ0) is 9.90. The average molecular weight is 188 g/mol. The van der Waals surface area contributed by atoms with E-state index in [0.717, 1.165) is 12.6 Å². The van der Waals surface area contributed by atoms with Crippen LogP contribution in [0.5, 0.6) is 0 Å². The topological polar surface area (TPSA) is 17.0 Å². The Bertz CT molecular complexity index is 263. The second-order valence-electron chi connectivity index (χ2n) is 3.28. The fraction of sp³-hybridized carbons (Fsp3) is 0.556. The van der Waals surface area contributed by atoms with Crippen molar-refractivity contribution in [1.82, 2.24) is 9.88 Å². The maximum absolute atomic E-state index is 12.4. The molecule has 4 heteroatoms. The first-order valence-corrected chi connectivity index (χ1v) is 4.18. The Balaban J connectivity index is 2.32. The van der Waals surface area contributed by atoms with E-state index in [1.165, 1.54) is 0 Å². The van der Waals surface area contributed by atoms with Gasteiger partial charge in [0.25, 0.3) is 5.92 Å². The molecule has 1 heterocycles. The van der Waals surface area contributed by atoms with Gasteiger partial charge in [0.05, 0.1) is 6.54 Å². The van der Waals surface area contributed by atoms with Crippen LogP contribution in [0.3, 0.4) is 0 Å². The first kappa shape index (κ1) is 10.2. The van der Waals surface area contributed by atoms with Crippen molar-refractivity contribution in [2.24, 2.45) is 7.05 Å². The number of halogens is 2. The Morgan fingerprint density at radius 2 is 2.23 bits per heavy atom. The van der Waals surface area contributed by atoms with Crippen LogP contribution in [0.4, 0.5) is 8.78 Å². The summed E-state index contributed by atoms with van der Waals surface area (Å²) in [4.78, 5) is 0. The lowest BCUT2D eigenvalue weighted by Gasteiger charge is -2.11. The predicted octanol–water partition coefficient (Wildman–Crippen LogP) is 1.77. The highest BCUT2D eigenvalue weighted by Crippen LogP contribution is 2.09. The molecule has 74 valence electrons. The van der Waals surface area contributed by atoms with Gasteiger partial charge in [-0.05, 0) is 12.1 Å². The molecule has 0 aliphatic heterocycles. The van der Waals surface area contributed by atoms with Gasteiger partial charge in [-0.25, -0.2) is 8.78 Å². The Kier molecular flexibility index (Phi) is 3.03. The molecule has 1 N–H and O–H groups in total. The average Bonchev–Trinajstić information content (AvgIpc) is 2.34. The summed E-state index contributed by atoms with van der Waals surface area (Å²) in [6, 6.07) is 3.79. The molecule has 0 saturated carbocycles. The molecule has 0 aliphatic carbocycles. The van der Waals surface area contributed by atoms with Crippen LogP contribution in [0.2, 0.25) is 0 Å². The summed E-state index contributed by atoms with van der Waals surface area (Å²) in [5.74, 6) is -2.63. The van der Waals surface area contributed by atoms with Crippen LogP contribution in [-0.2, 0) is 13.6 Å². The molecule has 0 saturated heterocycles. The van der Waals surface area contributed by atoms with Gasteiger partial charge in [0, 0.05) is 32.4 Å². The first-order chi connectivity index (χ1) is 5.99. The number of aryl methyl sites for hydroxylation is 1. The van der Waals surface area contributed by atoms with Crippen LogP contribution in [0, 0.1) is 0 Å². The Labute approximate surface area is 76.6 Å². The van der Waals surface area contributed by atoms with Crippen molar-refractivity contribution < 1.29 is 8.78 Å². The molecule has 1 aromatic rings. The number of nitrogens with zero attached hydrogens (tertiary/aromatic N) is 1. The summed E-state index contributed by atoms with van der Waals surface area (Å²) >= 11 is 0. The van der Waals surface area contributed by atoms with Crippen LogP contribution in [0.1, 0.15) is 12.6 Å². The lowest BCUT2D eigenvalue weighted by atomic mass is 10.3. The third-order valence-corrected chi connectivity index (χ3v) is 1.79. The number of aromatic nitrogens is 1. The van der Waals surface area contributed by atoms with Crippen LogP contribution in [-0.4, -0.2) is 17.0 Å². The standard InChI is InChI=1S/C9H14F2N2/c1-9(10,11)7-12-6-8-4-3-5-13(8)2/h3-5,12H,6-7H2,1-2H3. The maximum atomic E-state index is 12.4. The number of alkyl halides is 2. The van der Waals surface area contributed by atoms with Crippen LogP contribution in [0.25, 0.3) is 0 Å². The van der Waals surface area contributed by atoms with Gasteiger partial charge in [-0.15, -0.1) is 0 Å². The van der Waals surface area contributed by atoms with Gasteiger partial charge in [0.1, 0.15) is 0 Å². The Morgan fingerprint density at radius 3 is 2.69 bits per heavy atom. The smallest absolute Gasteiger partial charge is 0.257 e. The SMILES string of the molecule is Cn1cccc1CNCC(C)(F)F. The monoisotopic (exact) mass is 188 g/mol. The van der Waals surface area contributed by atoms with E-state index in [4.69, 9.17) is 0 Å². The molecule has 0 atom stereocenters. The van der Waals surface area contributed by atoms with E-state index in [0.29, 0.717) is 6.54 Å². The molecule has 1 aromatic heterocycles. The molecule has 0 radical (unpaired) electrons. The number of nitrogens with one attached hydrogen (secondary N) is 1. The van der Waals surface area contributed by atoms with Crippen molar-refractivity contribution in [3.63, 3.8) is 0 Å². The molecular formula is C9H14F2N2. The quantitative estimate of drug-likeness (QED) is 0.762. The number of rotatable bonds is 4. The van der Waals surface area contributed by atoms with Crippen molar-refractivity contribution in [3.8, 4) is 0 Å². The second-order valence-corrected chi connectivity index (χ2v) is 3.28. The molecule has 13 heavy (non-hydrogen) atoms. The van der Waals surface area contributed by atoms with Crippen LogP contribution < -0.4 is 5.32 Å². The van der Waals surface area contributed by atoms with Crippen LogP contribution >= 0.6 is 0 Å². The van der Waals surface area contributed by atoms with Crippen molar-refractivity contribution in [3.05, 3.63) is 24.0 Å². The van der Waals surface area contributed by atoms with Gasteiger partial charge < -0.3 is 9.88 Å². The summed E-state index contributed by atoms with van der Waals surface area (Å²) in [6.07, 6.45) is 1.89. The Morgan fingerprint density at radius 1 is 1.54 bits per heavy atom. The summed E-state index contributed by atoms with van der Waals surface area (Å²) in [7, 11) is 1.89. The molecule has 0 fully saturated rings. The minimum absolute atomic E-state index is 0.280. The summed E-state index contributed by atoms with van der Waals surface area (Å²) in [5, 5.41) is 2.70. The maximum Gasteiger partial charge on any atom is 0.257 e. The summed E-state index contributed by atoms with van der Waals surface area (Å²) < 4.78 is 26.7. The largest absolute Gasteiger partial charge is 0.353 e. The van der Waals surface area contributed by atoms with Gasteiger partial charge in [-0.3, -0.25) is 0 Å². The van der Waals surface area contributed by atoms with Crippen molar-refractivity contribution in [2.75, 3.05) is 6.54 Å². The van der Waals surface area contributed by atoms with Gasteiger partial charge >= 0.3 is 0 Å². The Hall–Kier alpha value is -0.900. The first-order valence-electron chi connectivity index (χ1n) is 4.18. The highest BCUT2D eigenvalue weighted by molar-refractivity contribution is 5.05. The van der Waals surface area contributed by atoms with E-state index in [2.05, 4.69) is 5.32 Å². The van der Waals surface area contributed by atoms with Crippen molar-refractivity contribution in [2.45, 2.75) is 19.4 Å². The van der Waals surface area contributed by atoms with Crippen molar-refractivity contribution in [1.29, 1.82) is 0 Å². The number of hydrogen-bond donors (Lipinski definition) is 1. The minimum atomic E-state index is -2.63. The molecule has 0 unspecified atom stereocenters. The zero-order valence-electron chi connectivity index (χ0n) is 7.85. The van der Waals surface area contributed by atoms with Gasteiger partial charge in [0.2, 0.25) is 0 Å². The van der Waals surface area contributed by atoms with Crippen molar-refractivity contribution >= 4 is 0 Å². The van der Waals surface area contributed by atoms with Gasteiger partial charge in [0.15, 0.2) is 0 Å². The minimum Gasteiger partial charge on any atom is -0.353 e. The number of hydrogen-bond acceptors (Lipinski definition) is 1. The molecule has 2 nitrogen and oxygen atoms in total. The summed E-state index contributed by atoms with van der Waals surface area (Å²) in [5.41, 5.74) is 1.00. The summed E-state index contributed by atoms with van der Waals surface area (Å²) in [6.45, 7) is 1.11. The molecular weight excluding hydrogens is 174 g/mol. The molecule has 0 aromatic carbocycles. The van der Waals surface area contributed by atoms with Gasteiger partial charge in [-0.2, -0.15) is 0 Å². The molecule has 0 amide bonds. The zero-order valence-corrected chi connectivity index (χ0v) is 7.85. The van der Waals surface area contributed by atoms with E-state index in [1.54, 1.807) is 0 Å².